The molecule has 1 amide bonds. The first-order valence-electron chi connectivity index (χ1n) is 12.9. The van der Waals surface area contributed by atoms with Crippen molar-refractivity contribution in [2.75, 3.05) is 30.3 Å². The largest absolute Gasteiger partial charge is 0.495 e. The number of ether oxygens (including phenoxy) is 2. The molecule has 0 aromatic heterocycles. The fourth-order valence-electron chi connectivity index (χ4n) is 4.50. The average Bonchev–Trinajstić information content (AvgIpc) is 2.94. The third-order valence-corrected chi connectivity index (χ3v) is 10.0. The normalized spacial score (nSPS) is 16.2. The Morgan fingerprint density at radius 3 is 2.25 bits per heavy atom. The van der Waals surface area contributed by atoms with Crippen molar-refractivity contribution >= 4 is 37.3 Å². The molecule has 214 valence electrons. The summed E-state index contributed by atoms with van der Waals surface area (Å²) in [5.41, 5.74) is 0.845. The number of carbonyl (C=O) groups excluding carboxylic acids is 1. The summed E-state index contributed by atoms with van der Waals surface area (Å²) in [4.78, 5) is 13.0. The highest BCUT2D eigenvalue weighted by Gasteiger charge is 2.33. The van der Waals surface area contributed by atoms with E-state index >= 15 is 0 Å². The summed E-state index contributed by atoms with van der Waals surface area (Å²) in [7, 11) is -6.38. The van der Waals surface area contributed by atoms with E-state index in [0.29, 0.717) is 30.3 Å². The number of carbonyl (C=O) groups is 1. The lowest BCUT2D eigenvalue weighted by atomic mass is 10.1. The minimum absolute atomic E-state index is 0.00728. The van der Waals surface area contributed by atoms with Crippen LogP contribution in [0.3, 0.4) is 0 Å². The number of amides is 1. The second-order valence-corrected chi connectivity index (χ2v) is 12.9. The number of nitrogens with one attached hydrogen (secondary N) is 2. The standard InChI is InChI=1S/C28H33N3O7S2/c1-4-38-24-13-9-23(10-14-24)30-39(33,34)25-15-11-22(12-16-25)29-28(32)21-8-17-26(37-3)27(19-21)40(35,36)31-18-6-5-7-20(31)2/h8-17,19-20,30H,4-7,18H2,1-3H3,(H,29,32)/t20-/m1/s1. The second-order valence-electron chi connectivity index (χ2n) is 9.37. The zero-order valence-electron chi connectivity index (χ0n) is 22.6. The lowest BCUT2D eigenvalue weighted by Gasteiger charge is -2.32. The van der Waals surface area contributed by atoms with E-state index in [-0.39, 0.29) is 27.1 Å². The van der Waals surface area contributed by atoms with Crippen LogP contribution in [-0.2, 0) is 20.0 Å². The lowest BCUT2D eigenvalue weighted by molar-refractivity contribution is 0.102. The van der Waals surface area contributed by atoms with E-state index in [1.165, 1.54) is 53.9 Å². The number of rotatable bonds is 10. The van der Waals surface area contributed by atoms with Gasteiger partial charge in [-0.25, -0.2) is 16.8 Å². The van der Waals surface area contributed by atoms with Gasteiger partial charge in [-0.15, -0.1) is 0 Å². The van der Waals surface area contributed by atoms with Crippen LogP contribution in [0, 0.1) is 0 Å². The number of hydrogen-bond acceptors (Lipinski definition) is 7. The molecule has 12 heteroatoms. The number of piperidine rings is 1. The molecule has 0 radical (unpaired) electrons. The summed E-state index contributed by atoms with van der Waals surface area (Å²) in [5, 5.41) is 2.69. The molecule has 40 heavy (non-hydrogen) atoms. The third kappa shape index (κ3) is 6.57. The number of nitrogens with zero attached hydrogens (tertiary/aromatic N) is 1. The molecule has 0 spiro atoms. The molecule has 0 aliphatic carbocycles. The zero-order valence-corrected chi connectivity index (χ0v) is 24.2. The summed E-state index contributed by atoms with van der Waals surface area (Å²) >= 11 is 0. The molecule has 0 bridgehead atoms. The van der Waals surface area contributed by atoms with E-state index in [1.807, 2.05) is 13.8 Å². The third-order valence-electron chi connectivity index (χ3n) is 6.59. The Hall–Kier alpha value is -3.61. The molecule has 0 saturated carbocycles. The summed E-state index contributed by atoms with van der Waals surface area (Å²) in [6.45, 7) is 4.64. The maximum atomic E-state index is 13.5. The van der Waals surface area contributed by atoms with Crippen molar-refractivity contribution in [2.45, 2.75) is 48.9 Å². The van der Waals surface area contributed by atoms with E-state index in [2.05, 4.69) is 10.0 Å². The minimum Gasteiger partial charge on any atom is -0.495 e. The summed E-state index contributed by atoms with van der Waals surface area (Å²) < 4.78 is 67.2. The van der Waals surface area contributed by atoms with Crippen LogP contribution in [0.2, 0.25) is 0 Å². The molecule has 1 aliphatic heterocycles. The smallest absolute Gasteiger partial charge is 0.261 e. The Bertz CT molecular complexity index is 1560. The molecule has 3 aromatic rings. The van der Waals surface area contributed by atoms with Crippen LogP contribution in [0.4, 0.5) is 11.4 Å². The Morgan fingerprint density at radius 2 is 1.62 bits per heavy atom. The van der Waals surface area contributed by atoms with Crippen LogP contribution in [-0.4, -0.2) is 53.4 Å². The highest BCUT2D eigenvalue weighted by atomic mass is 32.2. The molecule has 1 saturated heterocycles. The maximum Gasteiger partial charge on any atom is 0.261 e. The summed E-state index contributed by atoms with van der Waals surface area (Å²) in [5.74, 6) is 0.242. The molecule has 1 heterocycles. The first kappa shape index (κ1) is 29.4. The van der Waals surface area contributed by atoms with Gasteiger partial charge in [-0.3, -0.25) is 9.52 Å². The van der Waals surface area contributed by atoms with Gasteiger partial charge in [0.25, 0.3) is 15.9 Å². The van der Waals surface area contributed by atoms with Gasteiger partial charge in [0.1, 0.15) is 16.4 Å². The van der Waals surface area contributed by atoms with Crippen LogP contribution >= 0.6 is 0 Å². The Kier molecular flexibility index (Phi) is 9.02. The second kappa shape index (κ2) is 12.3. The molecular weight excluding hydrogens is 554 g/mol. The number of methoxy groups -OCH3 is 1. The number of benzene rings is 3. The zero-order chi connectivity index (χ0) is 28.9. The molecule has 0 unspecified atom stereocenters. The van der Waals surface area contributed by atoms with Crippen LogP contribution in [0.25, 0.3) is 0 Å². The molecule has 10 nitrogen and oxygen atoms in total. The first-order valence-corrected chi connectivity index (χ1v) is 15.8. The van der Waals surface area contributed by atoms with E-state index in [4.69, 9.17) is 9.47 Å². The molecule has 4 rings (SSSR count). The van der Waals surface area contributed by atoms with E-state index in [9.17, 15) is 21.6 Å². The van der Waals surface area contributed by atoms with Gasteiger partial charge in [-0.1, -0.05) is 6.42 Å². The van der Waals surface area contributed by atoms with Crippen molar-refractivity contribution in [1.82, 2.24) is 4.31 Å². The van der Waals surface area contributed by atoms with Crippen molar-refractivity contribution in [1.29, 1.82) is 0 Å². The fourth-order valence-corrected chi connectivity index (χ4v) is 7.44. The Balaban J connectivity index is 1.49. The van der Waals surface area contributed by atoms with Gasteiger partial charge in [-0.05, 0) is 93.4 Å². The maximum absolute atomic E-state index is 13.5. The van der Waals surface area contributed by atoms with Crippen LogP contribution in [0.15, 0.2) is 76.5 Å². The van der Waals surface area contributed by atoms with Gasteiger partial charge in [-0.2, -0.15) is 4.31 Å². The fraction of sp³-hybridized carbons (Fsp3) is 0.321. The molecule has 2 N–H and O–H groups in total. The van der Waals surface area contributed by atoms with Gasteiger partial charge in [0.15, 0.2) is 0 Å². The number of sulfonamides is 2. The highest BCUT2D eigenvalue weighted by molar-refractivity contribution is 7.92. The summed E-state index contributed by atoms with van der Waals surface area (Å²) in [6.07, 6.45) is 2.50. The Labute approximate surface area is 235 Å². The molecule has 1 atom stereocenters. The monoisotopic (exact) mass is 587 g/mol. The minimum atomic E-state index is -3.89. The molecule has 1 aliphatic rings. The van der Waals surface area contributed by atoms with E-state index in [1.54, 1.807) is 24.3 Å². The van der Waals surface area contributed by atoms with Gasteiger partial charge in [0, 0.05) is 29.5 Å². The van der Waals surface area contributed by atoms with Gasteiger partial charge >= 0.3 is 0 Å². The molecular formula is C28H33N3O7S2. The van der Waals surface area contributed by atoms with Crippen molar-refractivity contribution in [3.05, 3.63) is 72.3 Å². The summed E-state index contributed by atoms with van der Waals surface area (Å²) in [6, 6.07) is 16.3. The first-order chi connectivity index (χ1) is 19.0. The van der Waals surface area contributed by atoms with Gasteiger partial charge in [0.2, 0.25) is 10.0 Å². The van der Waals surface area contributed by atoms with Gasteiger partial charge in [0.05, 0.1) is 18.6 Å². The Morgan fingerprint density at radius 1 is 0.950 bits per heavy atom. The van der Waals surface area contributed by atoms with Crippen molar-refractivity contribution in [2.24, 2.45) is 0 Å². The SMILES string of the molecule is CCOc1ccc(NS(=O)(=O)c2ccc(NC(=O)c3ccc(OC)c(S(=O)(=O)N4CCCC[C@H]4C)c3)cc2)cc1. The van der Waals surface area contributed by atoms with E-state index in [0.717, 1.165) is 19.3 Å². The average molecular weight is 588 g/mol. The molecule has 3 aromatic carbocycles. The topological polar surface area (TPSA) is 131 Å². The van der Waals surface area contributed by atoms with Crippen LogP contribution in [0.5, 0.6) is 11.5 Å². The van der Waals surface area contributed by atoms with Crippen molar-refractivity contribution < 1.29 is 31.1 Å². The van der Waals surface area contributed by atoms with Gasteiger partial charge < -0.3 is 14.8 Å². The van der Waals surface area contributed by atoms with E-state index < -0.39 is 26.0 Å². The number of anilines is 2. The van der Waals surface area contributed by atoms with Crippen molar-refractivity contribution in [3.63, 3.8) is 0 Å². The predicted molar refractivity (Wildman–Crippen MR) is 153 cm³/mol. The van der Waals surface area contributed by atoms with Crippen molar-refractivity contribution in [3.8, 4) is 11.5 Å². The molecule has 1 fully saturated rings. The predicted octanol–water partition coefficient (Wildman–Crippen LogP) is 4.71. The van der Waals surface area contributed by atoms with Crippen LogP contribution in [0.1, 0.15) is 43.5 Å². The highest BCUT2D eigenvalue weighted by Crippen LogP contribution is 2.32. The van der Waals surface area contributed by atoms with Crippen LogP contribution < -0.4 is 19.5 Å². The number of hydrogen-bond donors (Lipinski definition) is 2. The lowest BCUT2D eigenvalue weighted by Crippen LogP contribution is -2.42. The quantitative estimate of drug-likeness (QED) is 0.351.